The molecule has 32 heavy (non-hydrogen) atoms. The van der Waals surface area contributed by atoms with Crippen molar-refractivity contribution in [2.45, 2.75) is 5.92 Å². The fourth-order valence-electron chi connectivity index (χ4n) is 2.62. The van der Waals surface area contributed by atoms with Crippen LogP contribution in [0.1, 0.15) is 0 Å². The molecule has 1 amide bonds. The second-order valence-electron chi connectivity index (χ2n) is 6.40. The summed E-state index contributed by atoms with van der Waals surface area (Å²) in [4.78, 5) is 29.9. The van der Waals surface area contributed by atoms with Crippen molar-refractivity contribution in [3.8, 4) is 5.75 Å². The van der Waals surface area contributed by atoms with Gasteiger partial charge in [-0.25, -0.2) is 19.2 Å². The molecule has 0 fully saturated rings. The number of aliphatic carboxylic acids is 1. The van der Waals surface area contributed by atoms with Gasteiger partial charge in [-0.05, 0) is 24.3 Å². The number of fused-ring (bicyclic) bond motifs is 1. The Morgan fingerprint density at radius 3 is 2.44 bits per heavy atom. The molecule has 1 aromatic heterocycles. The number of halogens is 3. The molecule has 0 aliphatic carbocycles. The minimum absolute atomic E-state index is 0.0574. The summed E-state index contributed by atoms with van der Waals surface area (Å²) in [5.74, 6) is -9.31. The summed E-state index contributed by atoms with van der Waals surface area (Å²) in [6.45, 7) is 0.569. The molecule has 3 aromatic rings. The van der Waals surface area contributed by atoms with Crippen LogP contribution in [0.2, 0.25) is 0 Å². The molecule has 0 spiro atoms. The average molecular weight is 450 g/mol. The van der Waals surface area contributed by atoms with Crippen molar-refractivity contribution in [1.29, 1.82) is 0 Å². The number of carboxylic acids is 1. The van der Waals surface area contributed by atoms with Crippen LogP contribution in [-0.2, 0) is 14.3 Å². The van der Waals surface area contributed by atoms with E-state index in [-0.39, 0.29) is 34.8 Å². The van der Waals surface area contributed by atoms with Gasteiger partial charge in [-0.1, -0.05) is 0 Å². The van der Waals surface area contributed by atoms with Crippen LogP contribution in [0, 0.1) is 5.82 Å². The van der Waals surface area contributed by atoms with E-state index in [1.54, 1.807) is 6.07 Å². The number of carboxylic acid groups (broad SMARTS) is 1. The van der Waals surface area contributed by atoms with E-state index in [9.17, 15) is 22.8 Å². The number of benzene rings is 2. The summed E-state index contributed by atoms with van der Waals surface area (Å²) in [6, 6.07) is 8.07. The lowest BCUT2D eigenvalue weighted by Crippen LogP contribution is -2.41. The van der Waals surface area contributed by atoms with Crippen LogP contribution in [0.5, 0.6) is 5.75 Å². The highest BCUT2D eigenvalue weighted by Crippen LogP contribution is 2.29. The molecule has 9 nitrogen and oxygen atoms in total. The fraction of sp³-hybridized carbons (Fsp3) is 0.200. The maximum Gasteiger partial charge on any atom is 0.418 e. The first kappa shape index (κ1) is 22.7. The maximum absolute atomic E-state index is 14.7. The quantitative estimate of drug-likeness (QED) is 0.336. The molecule has 0 radical (unpaired) electrons. The first-order chi connectivity index (χ1) is 15.2. The SMILES string of the molecule is COCCOc1cc(F)c2c(Nc3ccc(NC(=O)C(F)(F)C(=O)O)cc3)ncnc2c1. The molecule has 3 rings (SSSR count). The number of anilines is 3. The number of carbonyl (C=O) groups excluding carboxylic acids is 1. The zero-order valence-corrected chi connectivity index (χ0v) is 16.6. The van der Waals surface area contributed by atoms with E-state index in [4.69, 9.17) is 14.6 Å². The summed E-state index contributed by atoms with van der Waals surface area (Å²) in [5.41, 5.74) is 0.626. The van der Waals surface area contributed by atoms with E-state index in [2.05, 4.69) is 15.3 Å². The minimum Gasteiger partial charge on any atom is -0.491 e. The predicted molar refractivity (Wildman–Crippen MR) is 108 cm³/mol. The summed E-state index contributed by atoms with van der Waals surface area (Å²) in [6.07, 6.45) is 1.23. The number of rotatable bonds is 9. The van der Waals surface area contributed by atoms with Crippen LogP contribution in [0.3, 0.4) is 0 Å². The van der Waals surface area contributed by atoms with Crippen LogP contribution in [0.15, 0.2) is 42.7 Å². The standard InChI is InChI=1S/C20H17F3N4O5/c1-31-6-7-32-13-8-14(21)16-15(9-13)24-10-25-17(16)26-11-2-4-12(5-3-11)27-18(28)20(22,23)19(29)30/h2-5,8-10H,6-7H2,1H3,(H,27,28)(H,29,30)(H,24,25,26). The van der Waals surface area contributed by atoms with Gasteiger partial charge in [0.15, 0.2) is 0 Å². The second-order valence-corrected chi connectivity index (χ2v) is 6.40. The van der Waals surface area contributed by atoms with E-state index in [1.807, 2.05) is 5.32 Å². The normalized spacial score (nSPS) is 11.2. The van der Waals surface area contributed by atoms with Crippen LogP contribution >= 0.6 is 0 Å². The molecule has 0 saturated carbocycles. The van der Waals surface area contributed by atoms with Crippen molar-refractivity contribution in [2.75, 3.05) is 31.0 Å². The third-order valence-electron chi connectivity index (χ3n) is 4.18. The first-order valence-corrected chi connectivity index (χ1v) is 9.08. The predicted octanol–water partition coefficient (Wildman–Crippen LogP) is 3.20. The van der Waals surface area contributed by atoms with Gasteiger partial charge in [0.05, 0.1) is 17.5 Å². The minimum atomic E-state index is -4.57. The summed E-state index contributed by atoms with van der Waals surface area (Å²) in [7, 11) is 1.52. The van der Waals surface area contributed by atoms with Gasteiger partial charge in [-0.2, -0.15) is 8.78 Å². The lowest BCUT2D eigenvalue weighted by molar-refractivity contribution is -0.169. The first-order valence-electron chi connectivity index (χ1n) is 9.08. The number of nitrogens with zero attached hydrogens (tertiary/aromatic N) is 2. The van der Waals surface area contributed by atoms with Crippen LogP contribution < -0.4 is 15.4 Å². The highest BCUT2D eigenvalue weighted by Gasteiger charge is 2.47. The second kappa shape index (κ2) is 9.47. The Hall–Kier alpha value is -3.93. The smallest absolute Gasteiger partial charge is 0.418 e. The Morgan fingerprint density at radius 1 is 1.09 bits per heavy atom. The number of aromatic nitrogens is 2. The van der Waals surface area contributed by atoms with Crippen LogP contribution in [-0.4, -0.2) is 53.2 Å². The number of ether oxygens (including phenoxy) is 2. The van der Waals surface area contributed by atoms with Crippen molar-refractivity contribution in [2.24, 2.45) is 0 Å². The molecule has 0 aliphatic rings. The van der Waals surface area contributed by atoms with Gasteiger partial charge in [0.25, 0.3) is 0 Å². The molecule has 3 N–H and O–H groups in total. The Kier molecular flexibility index (Phi) is 6.73. The molecular formula is C20H17F3N4O5. The lowest BCUT2D eigenvalue weighted by Gasteiger charge is -2.13. The summed E-state index contributed by atoms with van der Waals surface area (Å²) in [5, 5.41) is 13.2. The van der Waals surface area contributed by atoms with Gasteiger partial charge in [0.1, 0.15) is 30.3 Å². The Balaban J connectivity index is 1.78. The number of carbonyl (C=O) groups is 2. The molecular weight excluding hydrogens is 433 g/mol. The summed E-state index contributed by atoms with van der Waals surface area (Å²) >= 11 is 0. The van der Waals surface area contributed by atoms with E-state index in [0.29, 0.717) is 12.3 Å². The van der Waals surface area contributed by atoms with Crippen LogP contribution in [0.25, 0.3) is 10.9 Å². The number of alkyl halides is 2. The summed E-state index contributed by atoms with van der Waals surface area (Å²) < 4.78 is 51.4. The largest absolute Gasteiger partial charge is 0.491 e. The molecule has 0 saturated heterocycles. The lowest BCUT2D eigenvalue weighted by atomic mass is 10.2. The van der Waals surface area contributed by atoms with Crippen molar-refractivity contribution < 1.29 is 37.3 Å². The molecule has 0 bridgehead atoms. The van der Waals surface area contributed by atoms with Gasteiger partial charge in [0.2, 0.25) is 0 Å². The van der Waals surface area contributed by atoms with E-state index < -0.39 is 23.6 Å². The number of hydrogen-bond donors (Lipinski definition) is 3. The number of nitrogens with one attached hydrogen (secondary N) is 2. The molecule has 0 aliphatic heterocycles. The van der Waals surface area contributed by atoms with E-state index >= 15 is 0 Å². The number of hydrogen-bond acceptors (Lipinski definition) is 7. The Labute approximate surface area is 179 Å². The number of amides is 1. The van der Waals surface area contributed by atoms with Crippen molar-refractivity contribution in [3.63, 3.8) is 0 Å². The third-order valence-corrected chi connectivity index (χ3v) is 4.18. The van der Waals surface area contributed by atoms with Gasteiger partial charge in [-0.3, -0.25) is 4.79 Å². The van der Waals surface area contributed by atoms with Crippen molar-refractivity contribution in [1.82, 2.24) is 9.97 Å². The average Bonchev–Trinajstić information content (AvgIpc) is 2.75. The third kappa shape index (κ3) is 5.03. The van der Waals surface area contributed by atoms with Crippen molar-refractivity contribution >= 4 is 40.0 Å². The highest BCUT2D eigenvalue weighted by atomic mass is 19.3. The van der Waals surface area contributed by atoms with Gasteiger partial charge in [-0.15, -0.1) is 0 Å². The highest BCUT2D eigenvalue weighted by molar-refractivity contribution is 6.09. The molecule has 0 unspecified atom stereocenters. The molecule has 168 valence electrons. The zero-order valence-electron chi connectivity index (χ0n) is 16.6. The maximum atomic E-state index is 14.7. The topological polar surface area (TPSA) is 123 Å². The fourth-order valence-corrected chi connectivity index (χ4v) is 2.62. The van der Waals surface area contributed by atoms with Gasteiger partial charge < -0.3 is 25.2 Å². The van der Waals surface area contributed by atoms with Crippen LogP contribution in [0.4, 0.5) is 30.4 Å². The molecule has 12 heteroatoms. The zero-order chi connectivity index (χ0) is 23.3. The van der Waals surface area contributed by atoms with Gasteiger partial charge in [0, 0.05) is 30.6 Å². The monoisotopic (exact) mass is 450 g/mol. The Bertz CT molecular complexity index is 1140. The number of methoxy groups -OCH3 is 1. The van der Waals surface area contributed by atoms with Crippen molar-refractivity contribution in [3.05, 3.63) is 48.5 Å². The molecule has 2 aromatic carbocycles. The van der Waals surface area contributed by atoms with Gasteiger partial charge >= 0.3 is 17.8 Å². The Morgan fingerprint density at radius 2 is 1.78 bits per heavy atom. The molecule has 1 heterocycles. The van der Waals surface area contributed by atoms with E-state index in [1.165, 1.54) is 43.8 Å². The van der Waals surface area contributed by atoms with E-state index in [0.717, 1.165) is 0 Å². The molecule has 0 atom stereocenters.